The van der Waals surface area contributed by atoms with Crippen molar-refractivity contribution in [3.8, 4) is 0 Å². The van der Waals surface area contributed by atoms with E-state index in [2.05, 4.69) is 48.1 Å². The van der Waals surface area contributed by atoms with Crippen molar-refractivity contribution in [2.45, 2.75) is 64.3 Å². The maximum atomic E-state index is 5.89. The molecule has 1 aromatic heterocycles. The monoisotopic (exact) mass is 289 g/mol. The second-order valence-electron chi connectivity index (χ2n) is 7.23. The van der Waals surface area contributed by atoms with Crippen LogP contribution in [0, 0.1) is 0 Å². The fraction of sp³-hybridized carbons (Fsp3) is 0.706. The lowest BCUT2D eigenvalue weighted by Crippen LogP contribution is -2.49. The van der Waals surface area contributed by atoms with Gasteiger partial charge in [0.1, 0.15) is 5.82 Å². The highest BCUT2D eigenvalue weighted by molar-refractivity contribution is 5.43. The Balaban J connectivity index is 1.73. The van der Waals surface area contributed by atoms with E-state index >= 15 is 0 Å². The van der Waals surface area contributed by atoms with E-state index in [0.29, 0.717) is 12.1 Å². The Bertz CT molecular complexity index is 483. The van der Waals surface area contributed by atoms with Gasteiger partial charge in [-0.2, -0.15) is 0 Å². The van der Waals surface area contributed by atoms with Gasteiger partial charge in [-0.05, 0) is 57.7 Å². The van der Waals surface area contributed by atoms with Crippen LogP contribution in [0.1, 0.15) is 45.6 Å². The minimum absolute atomic E-state index is 0.138. The summed E-state index contributed by atoms with van der Waals surface area (Å²) < 4.78 is 5.89. The zero-order valence-corrected chi connectivity index (χ0v) is 13.4. The van der Waals surface area contributed by atoms with Crippen molar-refractivity contribution in [3.05, 3.63) is 23.9 Å². The quantitative estimate of drug-likeness (QED) is 0.928. The number of fused-ring (bicyclic) bond motifs is 1. The summed E-state index contributed by atoms with van der Waals surface area (Å²) in [5.41, 5.74) is 1.44. The van der Waals surface area contributed by atoms with Gasteiger partial charge < -0.3 is 15.0 Å². The molecule has 2 heterocycles. The van der Waals surface area contributed by atoms with Crippen LogP contribution in [0.25, 0.3) is 0 Å². The van der Waals surface area contributed by atoms with Crippen LogP contribution in [0.3, 0.4) is 0 Å². The molecular formula is C17H27N3O. The number of ether oxygens (including phenoxy) is 1. The Morgan fingerprint density at radius 3 is 3.05 bits per heavy atom. The Morgan fingerprint density at radius 1 is 1.38 bits per heavy atom. The van der Waals surface area contributed by atoms with Gasteiger partial charge in [0.15, 0.2) is 0 Å². The first kappa shape index (κ1) is 14.8. The van der Waals surface area contributed by atoms with Gasteiger partial charge in [0, 0.05) is 24.8 Å². The van der Waals surface area contributed by atoms with E-state index in [1.165, 1.54) is 24.8 Å². The lowest BCUT2D eigenvalue weighted by Gasteiger charge is -2.38. The fourth-order valence-electron chi connectivity index (χ4n) is 3.30. The average molecular weight is 289 g/mol. The van der Waals surface area contributed by atoms with E-state index in [0.717, 1.165) is 25.5 Å². The third-order valence-corrected chi connectivity index (χ3v) is 4.41. The lowest BCUT2D eigenvalue weighted by molar-refractivity contribution is 0.0253. The number of aromatic nitrogens is 1. The van der Waals surface area contributed by atoms with Gasteiger partial charge in [-0.25, -0.2) is 4.98 Å². The van der Waals surface area contributed by atoms with Crippen LogP contribution >= 0.6 is 0 Å². The molecule has 1 aliphatic heterocycles. The molecule has 2 fully saturated rings. The summed E-state index contributed by atoms with van der Waals surface area (Å²) in [6, 6.07) is 4.87. The third-order valence-electron chi connectivity index (χ3n) is 4.41. The zero-order chi connectivity index (χ0) is 14.9. The first-order valence-electron chi connectivity index (χ1n) is 8.11. The molecule has 0 aromatic carbocycles. The summed E-state index contributed by atoms with van der Waals surface area (Å²) >= 11 is 0. The molecule has 4 nitrogen and oxygen atoms in total. The average Bonchev–Trinajstić information content (AvgIpc) is 2.93. The van der Waals surface area contributed by atoms with Crippen LogP contribution in [0.5, 0.6) is 0 Å². The number of nitrogens with one attached hydrogen (secondary N) is 1. The lowest BCUT2D eigenvalue weighted by atomic mass is 10.1. The van der Waals surface area contributed by atoms with E-state index in [4.69, 9.17) is 4.74 Å². The minimum Gasteiger partial charge on any atom is -0.374 e. The summed E-state index contributed by atoms with van der Waals surface area (Å²) in [4.78, 5) is 7.07. The Hall–Kier alpha value is -1.13. The maximum absolute atomic E-state index is 5.89. The van der Waals surface area contributed by atoms with Crippen LogP contribution in [-0.2, 0) is 11.3 Å². The summed E-state index contributed by atoms with van der Waals surface area (Å²) in [5.74, 6) is 1.11. The number of nitrogens with zero attached hydrogens (tertiary/aromatic N) is 2. The molecule has 21 heavy (non-hydrogen) atoms. The van der Waals surface area contributed by atoms with Gasteiger partial charge in [-0.15, -0.1) is 0 Å². The molecule has 2 unspecified atom stereocenters. The molecular weight excluding hydrogens is 262 g/mol. The highest BCUT2D eigenvalue weighted by Gasteiger charge is 2.36. The smallest absolute Gasteiger partial charge is 0.129 e. The molecule has 1 saturated heterocycles. The van der Waals surface area contributed by atoms with Crippen molar-refractivity contribution in [1.29, 1.82) is 0 Å². The highest BCUT2D eigenvalue weighted by Crippen LogP contribution is 2.32. The summed E-state index contributed by atoms with van der Waals surface area (Å²) in [6.45, 7) is 9.26. The van der Waals surface area contributed by atoms with E-state index in [1.54, 1.807) is 0 Å². The summed E-state index contributed by atoms with van der Waals surface area (Å²) in [7, 11) is 0. The largest absolute Gasteiger partial charge is 0.374 e. The number of hydrogen-bond acceptors (Lipinski definition) is 4. The van der Waals surface area contributed by atoms with Crippen LogP contribution in [0.4, 0.5) is 5.82 Å². The third kappa shape index (κ3) is 3.55. The molecule has 0 radical (unpaired) electrons. The molecule has 0 amide bonds. The van der Waals surface area contributed by atoms with E-state index in [9.17, 15) is 0 Å². The summed E-state index contributed by atoms with van der Waals surface area (Å²) in [6.07, 6.45) is 6.06. The van der Waals surface area contributed by atoms with Gasteiger partial charge in [-0.1, -0.05) is 0 Å². The SMILES string of the molecule is CC(C)(C)NCc1ccnc(N2CCOC3CCCC32)c1. The first-order chi connectivity index (χ1) is 10.0. The van der Waals surface area contributed by atoms with Crippen molar-refractivity contribution in [1.82, 2.24) is 10.3 Å². The van der Waals surface area contributed by atoms with Gasteiger partial charge in [0.25, 0.3) is 0 Å². The number of anilines is 1. The molecule has 4 heteroatoms. The number of hydrogen-bond donors (Lipinski definition) is 1. The first-order valence-corrected chi connectivity index (χ1v) is 8.11. The Labute approximate surface area is 127 Å². The molecule has 0 spiro atoms. The second-order valence-corrected chi connectivity index (χ2v) is 7.23. The summed E-state index contributed by atoms with van der Waals surface area (Å²) in [5, 5.41) is 3.54. The molecule has 1 aliphatic carbocycles. The van der Waals surface area contributed by atoms with Gasteiger partial charge in [0.05, 0.1) is 18.8 Å². The fourth-order valence-corrected chi connectivity index (χ4v) is 3.30. The van der Waals surface area contributed by atoms with Gasteiger partial charge >= 0.3 is 0 Å². The number of rotatable bonds is 3. The predicted octanol–water partition coefficient (Wildman–Crippen LogP) is 2.73. The minimum atomic E-state index is 0.138. The maximum Gasteiger partial charge on any atom is 0.129 e. The molecule has 2 aliphatic rings. The molecule has 1 aromatic rings. The standard InChI is InChI=1S/C17H27N3O/c1-17(2,3)19-12-13-7-8-18-16(11-13)20-9-10-21-15-6-4-5-14(15)20/h7-8,11,14-15,19H,4-6,9-10,12H2,1-3H3. The van der Waals surface area contributed by atoms with Crippen molar-refractivity contribution in [2.24, 2.45) is 0 Å². The van der Waals surface area contributed by atoms with E-state index in [1.807, 2.05) is 6.20 Å². The highest BCUT2D eigenvalue weighted by atomic mass is 16.5. The second kappa shape index (κ2) is 5.93. The number of morpholine rings is 1. The predicted molar refractivity (Wildman–Crippen MR) is 85.6 cm³/mol. The number of pyridine rings is 1. The van der Waals surface area contributed by atoms with E-state index in [-0.39, 0.29) is 5.54 Å². The molecule has 3 rings (SSSR count). The van der Waals surface area contributed by atoms with Crippen LogP contribution in [0.2, 0.25) is 0 Å². The van der Waals surface area contributed by atoms with Crippen molar-refractivity contribution >= 4 is 5.82 Å². The van der Waals surface area contributed by atoms with Gasteiger partial charge in [0.2, 0.25) is 0 Å². The normalized spacial score (nSPS) is 26.0. The van der Waals surface area contributed by atoms with Gasteiger partial charge in [-0.3, -0.25) is 0 Å². The molecule has 116 valence electrons. The molecule has 0 bridgehead atoms. The topological polar surface area (TPSA) is 37.4 Å². The van der Waals surface area contributed by atoms with E-state index < -0.39 is 0 Å². The molecule has 2 atom stereocenters. The van der Waals surface area contributed by atoms with Crippen molar-refractivity contribution in [3.63, 3.8) is 0 Å². The zero-order valence-electron chi connectivity index (χ0n) is 13.4. The Morgan fingerprint density at radius 2 is 2.24 bits per heavy atom. The van der Waals surface area contributed by atoms with Crippen molar-refractivity contribution in [2.75, 3.05) is 18.1 Å². The molecule has 1 N–H and O–H groups in total. The van der Waals surface area contributed by atoms with Crippen LogP contribution in [-0.4, -0.2) is 35.8 Å². The molecule has 1 saturated carbocycles. The Kier molecular flexibility index (Phi) is 4.18. The van der Waals surface area contributed by atoms with Crippen LogP contribution in [0.15, 0.2) is 18.3 Å². The van der Waals surface area contributed by atoms with Crippen molar-refractivity contribution < 1.29 is 4.74 Å². The van der Waals surface area contributed by atoms with Crippen LogP contribution < -0.4 is 10.2 Å².